The van der Waals surface area contributed by atoms with Crippen LogP contribution in [0.15, 0.2) is 12.2 Å². The summed E-state index contributed by atoms with van der Waals surface area (Å²) in [7, 11) is 0. The lowest BCUT2D eigenvalue weighted by atomic mass is 10.4. The Balaban J connectivity index is 0.000000288. The van der Waals surface area contributed by atoms with Gasteiger partial charge in [0.2, 0.25) is 5.91 Å². The Bertz CT molecular complexity index is 248. The van der Waals surface area contributed by atoms with Crippen molar-refractivity contribution in [3.05, 3.63) is 12.2 Å². The van der Waals surface area contributed by atoms with Crippen LogP contribution in [0.4, 0.5) is 0 Å². The van der Waals surface area contributed by atoms with Crippen LogP contribution in [0.25, 0.3) is 0 Å². The predicted molar refractivity (Wildman–Crippen MR) is 55.1 cm³/mol. The normalized spacial score (nSPS) is 16.7. The van der Waals surface area contributed by atoms with Crippen molar-refractivity contribution in [3.63, 3.8) is 0 Å². The van der Waals surface area contributed by atoms with Crippen molar-refractivity contribution >= 4 is 11.9 Å². The molecule has 1 fully saturated rings. The van der Waals surface area contributed by atoms with E-state index >= 15 is 0 Å². The highest BCUT2D eigenvalue weighted by Crippen LogP contribution is 2.11. The van der Waals surface area contributed by atoms with Gasteiger partial charge in [-0.3, -0.25) is 4.79 Å². The van der Waals surface area contributed by atoms with Gasteiger partial charge in [0.25, 0.3) is 0 Å². The number of aliphatic hydroxyl groups excluding tert-OH is 1. The third-order valence-corrected chi connectivity index (χ3v) is 1.93. The van der Waals surface area contributed by atoms with Crippen molar-refractivity contribution in [1.82, 2.24) is 4.90 Å². The summed E-state index contributed by atoms with van der Waals surface area (Å²) in [5.41, 5.74) is 0.176. The molecule has 1 unspecified atom stereocenters. The van der Waals surface area contributed by atoms with Crippen LogP contribution in [0.1, 0.15) is 26.7 Å². The zero-order valence-electron chi connectivity index (χ0n) is 9.06. The van der Waals surface area contributed by atoms with Gasteiger partial charge in [-0.2, -0.15) is 0 Å². The van der Waals surface area contributed by atoms with E-state index in [1.807, 2.05) is 0 Å². The summed E-state index contributed by atoms with van der Waals surface area (Å²) in [5.74, 6) is -0.861. The minimum Gasteiger partial charge on any atom is -0.478 e. The molecular formula is C10H17NO4. The zero-order valence-corrected chi connectivity index (χ0v) is 9.06. The number of carbonyl (C=O) groups is 2. The molecule has 1 rings (SSSR count). The topological polar surface area (TPSA) is 77.8 Å². The van der Waals surface area contributed by atoms with Crippen LogP contribution in [0.2, 0.25) is 0 Å². The molecule has 0 aromatic rings. The number of nitrogens with zero attached hydrogens (tertiary/aromatic N) is 1. The summed E-state index contributed by atoms with van der Waals surface area (Å²) in [5, 5.41) is 16.8. The summed E-state index contributed by atoms with van der Waals surface area (Å²) in [6.45, 7) is 6.93. The molecule has 86 valence electrons. The van der Waals surface area contributed by atoms with Gasteiger partial charge in [-0.25, -0.2) is 4.79 Å². The van der Waals surface area contributed by atoms with Gasteiger partial charge in [0, 0.05) is 18.5 Å². The standard InChI is InChI=1S/C6H11NO2.C4H6O2/c1-5(8)7-4-2-3-6(7)9;1-3(2)4(5)6/h5,8H,2-4H2,1H3;1H2,2H3,(H,5,6). The molecule has 0 aliphatic carbocycles. The first-order valence-electron chi connectivity index (χ1n) is 4.72. The van der Waals surface area contributed by atoms with Crippen molar-refractivity contribution in [2.45, 2.75) is 32.9 Å². The van der Waals surface area contributed by atoms with E-state index in [9.17, 15) is 9.59 Å². The third kappa shape index (κ3) is 5.17. The quantitative estimate of drug-likeness (QED) is 0.661. The molecule has 1 aliphatic rings. The van der Waals surface area contributed by atoms with Crippen LogP contribution >= 0.6 is 0 Å². The fraction of sp³-hybridized carbons (Fsp3) is 0.600. The molecule has 0 spiro atoms. The van der Waals surface area contributed by atoms with Gasteiger partial charge in [-0.05, 0) is 20.3 Å². The number of likely N-dealkylation sites (tertiary alicyclic amines) is 1. The van der Waals surface area contributed by atoms with Gasteiger partial charge in [-0.1, -0.05) is 6.58 Å². The number of carbonyl (C=O) groups excluding carboxylic acids is 1. The molecule has 15 heavy (non-hydrogen) atoms. The molecule has 0 aromatic heterocycles. The summed E-state index contributed by atoms with van der Waals surface area (Å²) >= 11 is 0. The van der Waals surface area contributed by atoms with Crippen molar-refractivity contribution in [2.75, 3.05) is 6.54 Å². The SMILES string of the molecule is C=C(C)C(=O)O.CC(O)N1CCCC1=O. The Hall–Kier alpha value is -1.36. The molecule has 1 atom stereocenters. The molecular weight excluding hydrogens is 198 g/mol. The van der Waals surface area contributed by atoms with Gasteiger partial charge in [-0.15, -0.1) is 0 Å². The third-order valence-electron chi connectivity index (χ3n) is 1.93. The number of rotatable bonds is 2. The average molecular weight is 215 g/mol. The van der Waals surface area contributed by atoms with E-state index in [-0.39, 0.29) is 11.5 Å². The first kappa shape index (κ1) is 13.6. The summed E-state index contributed by atoms with van der Waals surface area (Å²) in [6, 6.07) is 0. The monoisotopic (exact) mass is 215 g/mol. The van der Waals surface area contributed by atoms with Crippen LogP contribution in [0.5, 0.6) is 0 Å². The molecule has 0 radical (unpaired) electrons. The van der Waals surface area contributed by atoms with E-state index < -0.39 is 12.2 Å². The fourth-order valence-electron chi connectivity index (χ4n) is 1.06. The lowest BCUT2D eigenvalue weighted by Crippen LogP contribution is -2.33. The molecule has 0 saturated carbocycles. The second-order valence-corrected chi connectivity index (χ2v) is 3.41. The Morgan fingerprint density at radius 1 is 1.60 bits per heavy atom. The van der Waals surface area contributed by atoms with Crippen molar-refractivity contribution in [2.24, 2.45) is 0 Å². The molecule has 0 aromatic carbocycles. The Morgan fingerprint density at radius 3 is 2.20 bits per heavy atom. The Morgan fingerprint density at radius 2 is 2.07 bits per heavy atom. The maximum atomic E-state index is 10.8. The van der Waals surface area contributed by atoms with Crippen LogP contribution in [-0.4, -0.2) is 39.8 Å². The van der Waals surface area contributed by atoms with Crippen molar-refractivity contribution in [3.8, 4) is 0 Å². The van der Waals surface area contributed by atoms with Gasteiger partial charge < -0.3 is 15.1 Å². The molecule has 1 aliphatic heterocycles. The molecule has 1 saturated heterocycles. The lowest BCUT2D eigenvalue weighted by molar-refractivity contribution is -0.135. The van der Waals surface area contributed by atoms with Crippen LogP contribution in [-0.2, 0) is 9.59 Å². The van der Waals surface area contributed by atoms with Crippen LogP contribution < -0.4 is 0 Å². The highest BCUT2D eigenvalue weighted by atomic mass is 16.4. The first-order valence-corrected chi connectivity index (χ1v) is 4.72. The van der Waals surface area contributed by atoms with E-state index in [4.69, 9.17) is 10.2 Å². The molecule has 5 heteroatoms. The number of carboxylic acids is 1. The van der Waals surface area contributed by atoms with E-state index in [1.165, 1.54) is 11.8 Å². The van der Waals surface area contributed by atoms with Crippen LogP contribution in [0.3, 0.4) is 0 Å². The average Bonchev–Trinajstić information content (AvgIpc) is 2.52. The Kier molecular flexibility index (Phi) is 5.62. The van der Waals surface area contributed by atoms with E-state index in [1.54, 1.807) is 6.92 Å². The molecule has 5 nitrogen and oxygen atoms in total. The first-order chi connectivity index (χ1) is 6.86. The highest BCUT2D eigenvalue weighted by Gasteiger charge is 2.22. The smallest absolute Gasteiger partial charge is 0.330 e. The van der Waals surface area contributed by atoms with Gasteiger partial charge in [0.1, 0.15) is 6.23 Å². The zero-order chi connectivity index (χ0) is 12.0. The maximum Gasteiger partial charge on any atom is 0.330 e. The lowest BCUT2D eigenvalue weighted by Gasteiger charge is -2.17. The van der Waals surface area contributed by atoms with E-state index in [0.29, 0.717) is 6.42 Å². The molecule has 0 bridgehead atoms. The summed E-state index contributed by atoms with van der Waals surface area (Å²) in [6.07, 6.45) is 0.897. The predicted octanol–water partition coefficient (Wildman–Crippen LogP) is 0.594. The maximum absolute atomic E-state index is 10.8. The van der Waals surface area contributed by atoms with E-state index in [0.717, 1.165) is 13.0 Å². The number of aliphatic hydroxyl groups is 1. The van der Waals surface area contributed by atoms with Crippen LogP contribution in [0, 0.1) is 0 Å². The highest BCUT2D eigenvalue weighted by molar-refractivity contribution is 5.84. The van der Waals surface area contributed by atoms with Crippen molar-refractivity contribution in [1.29, 1.82) is 0 Å². The summed E-state index contributed by atoms with van der Waals surface area (Å²) in [4.78, 5) is 21.9. The molecule has 1 amide bonds. The Labute approximate surface area is 89.0 Å². The van der Waals surface area contributed by atoms with Gasteiger partial charge in [0.15, 0.2) is 0 Å². The fourth-order valence-corrected chi connectivity index (χ4v) is 1.06. The molecule has 2 N–H and O–H groups in total. The minimum absolute atomic E-state index is 0.0741. The summed E-state index contributed by atoms with van der Waals surface area (Å²) < 4.78 is 0. The number of carboxylic acid groups (broad SMARTS) is 1. The largest absolute Gasteiger partial charge is 0.478 e. The number of hydrogen-bond donors (Lipinski definition) is 2. The van der Waals surface area contributed by atoms with E-state index in [2.05, 4.69) is 6.58 Å². The van der Waals surface area contributed by atoms with Crippen molar-refractivity contribution < 1.29 is 19.8 Å². The van der Waals surface area contributed by atoms with Gasteiger partial charge in [0.05, 0.1) is 0 Å². The second-order valence-electron chi connectivity index (χ2n) is 3.41. The minimum atomic E-state index is -0.935. The molecule has 1 heterocycles. The number of hydrogen-bond acceptors (Lipinski definition) is 3. The second kappa shape index (κ2) is 6.19. The van der Waals surface area contributed by atoms with Gasteiger partial charge >= 0.3 is 5.97 Å². The number of aliphatic carboxylic acids is 1. The number of amides is 1.